The molecule has 0 spiro atoms. The molecule has 1 unspecified atom stereocenters. The number of phosphoric acid groups is 1. The molecule has 1 rings (SSSR count). The van der Waals surface area contributed by atoms with Crippen molar-refractivity contribution in [3.63, 3.8) is 0 Å². The highest BCUT2D eigenvalue weighted by Gasteiger charge is 2.32. The molecule has 0 radical (unpaired) electrons. The molecule has 0 bridgehead atoms. The second kappa shape index (κ2) is 41.8. The first kappa shape index (κ1) is 60.6. The minimum Gasteiger partial charge on any atom is -0.462 e. The summed E-state index contributed by atoms with van der Waals surface area (Å²) in [7, 11) is -4.67. The highest BCUT2D eigenvalue weighted by atomic mass is 31.2. The Balaban J connectivity index is 2.41. The molecular formula is C50H87N2O13P. The van der Waals surface area contributed by atoms with Crippen molar-refractivity contribution >= 4 is 43.5 Å². The van der Waals surface area contributed by atoms with E-state index in [1.165, 1.54) is 77.0 Å². The van der Waals surface area contributed by atoms with Crippen LogP contribution in [-0.4, -0.2) is 78.1 Å². The van der Waals surface area contributed by atoms with Crippen molar-refractivity contribution in [2.45, 2.75) is 232 Å². The number of hydrogen-bond donors (Lipinski definition) is 2. The zero-order valence-electron chi connectivity index (χ0n) is 40.8. The Bertz CT molecular complexity index is 1420. The van der Waals surface area contributed by atoms with Gasteiger partial charge in [-0.05, 0) is 70.6 Å². The van der Waals surface area contributed by atoms with Crippen molar-refractivity contribution in [1.82, 2.24) is 10.4 Å². The monoisotopic (exact) mass is 955 g/mol. The second-order valence-corrected chi connectivity index (χ2v) is 18.8. The number of unbranched alkanes of at least 4 members (excludes halogenated alkanes) is 22. The minimum atomic E-state index is -4.67. The lowest BCUT2D eigenvalue weighted by Gasteiger charge is -2.20. The first-order valence-corrected chi connectivity index (χ1v) is 27.1. The Labute approximate surface area is 396 Å². The van der Waals surface area contributed by atoms with Crippen LogP contribution >= 0.6 is 7.82 Å². The van der Waals surface area contributed by atoms with E-state index in [2.05, 4.69) is 43.5 Å². The van der Waals surface area contributed by atoms with E-state index in [4.69, 9.17) is 23.4 Å². The van der Waals surface area contributed by atoms with Gasteiger partial charge in [0, 0.05) is 45.1 Å². The molecule has 0 aliphatic carbocycles. The fraction of sp³-hybridized carbons (Fsp3) is 0.800. The molecule has 1 aliphatic heterocycles. The molecule has 1 fully saturated rings. The van der Waals surface area contributed by atoms with Gasteiger partial charge in [-0.1, -0.05) is 141 Å². The molecule has 0 aromatic carbocycles. The molecule has 0 saturated carbocycles. The number of allylic oxidation sites excluding steroid dienone is 4. The van der Waals surface area contributed by atoms with Crippen LogP contribution < -0.4 is 5.32 Å². The summed E-state index contributed by atoms with van der Waals surface area (Å²) in [5, 5.41) is 2.93. The zero-order chi connectivity index (χ0) is 48.4. The van der Waals surface area contributed by atoms with Crippen LogP contribution in [0.25, 0.3) is 0 Å². The quantitative estimate of drug-likeness (QED) is 0.0192. The maximum atomic E-state index is 12.8. The van der Waals surface area contributed by atoms with E-state index < -0.39 is 62.8 Å². The molecule has 66 heavy (non-hydrogen) atoms. The number of nitrogens with zero attached hydrogens (tertiary/aromatic N) is 1. The van der Waals surface area contributed by atoms with Crippen LogP contribution in [0.1, 0.15) is 226 Å². The summed E-state index contributed by atoms with van der Waals surface area (Å²) < 4.78 is 33.7. The lowest BCUT2D eigenvalue weighted by Crippen LogP contribution is -2.32. The normalized spacial score (nSPS) is 14.3. The molecule has 1 aliphatic rings. The van der Waals surface area contributed by atoms with Crippen LogP contribution in [0.4, 0.5) is 0 Å². The summed E-state index contributed by atoms with van der Waals surface area (Å²) in [6.45, 7) is 3.00. The third-order valence-corrected chi connectivity index (χ3v) is 12.1. The average molecular weight is 955 g/mol. The molecule has 2 N–H and O–H groups in total. The van der Waals surface area contributed by atoms with Gasteiger partial charge in [0.1, 0.15) is 6.61 Å². The lowest BCUT2D eigenvalue weighted by molar-refractivity contribution is -0.197. The number of carbonyl (C=O) groups excluding carboxylic acids is 6. The molecule has 2 atom stereocenters. The molecule has 15 nitrogen and oxygen atoms in total. The van der Waals surface area contributed by atoms with Crippen LogP contribution in [-0.2, 0) is 56.7 Å². The van der Waals surface area contributed by atoms with Gasteiger partial charge in [-0.25, -0.2) is 9.36 Å². The Kier molecular flexibility index (Phi) is 38.4. The van der Waals surface area contributed by atoms with Gasteiger partial charge >= 0.3 is 25.7 Å². The van der Waals surface area contributed by atoms with Crippen LogP contribution in [0, 0.1) is 0 Å². The number of imide groups is 1. The number of hydrogen-bond acceptors (Lipinski definition) is 12. The van der Waals surface area contributed by atoms with E-state index in [0.29, 0.717) is 17.9 Å². The Morgan fingerprint density at radius 2 is 1.02 bits per heavy atom. The van der Waals surface area contributed by atoms with Crippen molar-refractivity contribution in [1.29, 1.82) is 0 Å². The molecule has 16 heteroatoms. The molecule has 380 valence electrons. The predicted molar refractivity (Wildman–Crippen MR) is 256 cm³/mol. The highest BCUT2D eigenvalue weighted by Crippen LogP contribution is 2.43. The van der Waals surface area contributed by atoms with E-state index in [1.54, 1.807) is 0 Å². The summed E-state index contributed by atoms with van der Waals surface area (Å²) in [4.78, 5) is 87.7. The second-order valence-electron chi connectivity index (χ2n) is 17.3. The number of rotatable bonds is 45. The smallest absolute Gasteiger partial charge is 0.462 e. The lowest BCUT2D eigenvalue weighted by atomic mass is 10.1. The van der Waals surface area contributed by atoms with Gasteiger partial charge in [0.05, 0.1) is 13.2 Å². The van der Waals surface area contributed by atoms with Gasteiger partial charge in [0.2, 0.25) is 5.91 Å². The maximum absolute atomic E-state index is 12.8. The predicted octanol–water partition coefficient (Wildman–Crippen LogP) is 11.5. The first-order chi connectivity index (χ1) is 32.0. The molecule has 3 amide bonds. The van der Waals surface area contributed by atoms with Crippen LogP contribution in [0.15, 0.2) is 24.3 Å². The van der Waals surface area contributed by atoms with E-state index in [1.807, 2.05) is 0 Å². The minimum absolute atomic E-state index is 0.0253. The molecule has 1 saturated heterocycles. The number of esters is 2. The molecular weight excluding hydrogens is 868 g/mol. The molecule has 0 aromatic heterocycles. The fourth-order valence-corrected chi connectivity index (χ4v) is 7.90. The maximum Gasteiger partial charge on any atom is 0.472 e. The number of phosphoric ester groups is 1. The summed E-state index contributed by atoms with van der Waals surface area (Å²) in [5.74, 6) is -3.49. The number of amides is 3. The van der Waals surface area contributed by atoms with Gasteiger partial charge in [0.25, 0.3) is 11.8 Å². The largest absolute Gasteiger partial charge is 0.472 e. The highest BCUT2D eigenvalue weighted by molar-refractivity contribution is 7.47. The van der Waals surface area contributed by atoms with Crippen molar-refractivity contribution in [3.8, 4) is 0 Å². The Morgan fingerprint density at radius 3 is 1.52 bits per heavy atom. The van der Waals surface area contributed by atoms with E-state index in [0.717, 1.165) is 77.0 Å². The van der Waals surface area contributed by atoms with E-state index in [9.17, 15) is 38.2 Å². The third-order valence-electron chi connectivity index (χ3n) is 11.1. The summed E-state index contributed by atoms with van der Waals surface area (Å²) in [5.41, 5.74) is 0. The van der Waals surface area contributed by atoms with Crippen LogP contribution in [0.2, 0.25) is 0 Å². The van der Waals surface area contributed by atoms with E-state index >= 15 is 0 Å². The summed E-state index contributed by atoms with van der Waals surface area (Å²) >= 11 is 0. The number of hydroxylamine groups is 2. The van der Waals surface area contributed by atoms with Gasteiger partial charge < -0.3 is 24.5 Å². The molecule has 0 aromatic rings. The topological polar surface area (TPSA) is 201 Å². The summed E-state index contributed by atoms with van der Waals surface area (Å²) in [6.07, 6.45) is 37.5. The van der Waals surface area contributed by atoms with Crippen molar-refractivity contribution in [3.05, 3.63) is 24.3 Å². The van der Waals surface area contributed by atoms with Gasteiger partial charge in [-0.15, -0.1) is 5.06 Å². The summed E-state index contributed by atoms with van der Waals surface area (Å²) in [6, 6.07) is 0. The average Bonchev–Trinajstić information content (AvgIpc) is 3.60. The van der Waals surface area contributed by atoms with Crippen molar-refractivity contribution in [2.24, 2.45) is 0 Å². The van der Waals surface area contributed by atoms with Crippen LogP contribution in [0.3, 0.4) is 0 Å². The Morgan fingerprint density at radius 1 is 0.576 bits per heavy atom. The zero-order valence-corrected chi connectivity index (χ0v) is 41.7. The Hall–Kier alpha value is -3.39. The van der Waals surface area contributed by atoms with Crippen molar-refractivity contribution in [2.75, 3.05) is 26.4 Å². The van der Waals surface area contributed by atoms with Crippen LogP contribution in [0.5, 0.6) is 0 Å². The fourth-order valence-electron chi connectivity index (χ4n) is 7.15. The standard InChI is InChI=1S/C50H87N2O13P/c1-3-5-7-9-11-13-15-17-19-21-23-25-27-29-31-35-48(56)61-42-44(64-49(57)36-32-30-28-26-24-22-20-18-16-14-12-10-8-6-4-2)43-63-66(59,60)62-41-40-51-45(53)34-33-37-50(58)65-52-46(54)38-39-47(52)55/h17-20,44H,3-16,21-43H2,1-2H3,(H,51,53)(H,59,60)/b19-17-,20-18-/t44-/m1/s1. The van der Waals surface area contributed by atoms with Gasteiger partial charge in [0.15, 0.2) is 6.10 Å². The van der Waals surface area contributed by atoms with Gasteiger partial charge in [-0.3, -0.25) is 33.0 Å². The third kappa shape index (κ3) is 36.7. The first-order valence-electron chi connectivity index (χ1n) is 25.6. The SMILES string of the molecule is CCCCCCCC/C=C\CCCCCCCC(=O)OC[C@H](COP(=O)(O)OCCNC(=O)CCCC(=O)ON1C(=O)CCC1=O)OC(=O)CCCCCCC/C=C\CCCCCCCC. The van der Waals surface area contributed by atoms with Crippen molar-refractivity contribution < 1.29 is 61.6 Å². The van der Waals surface area contributed by atoms with E-state index in [-0.39, 0.29) is 58.1 Å². The van der Waals surface area contributed by atoms with Gasteiger partial charge in [-0.2, -0.15) is 0 Å². The molecule has 1 heterocycles. The number of carbonyl (C=O) groups is 6. The number of ether oxygens (including phenoxy) is 2. The number of nitrogens with one attached hydrogen (secondary N) is 1.